The highest BCUT2D eigenvalue weighted by molar-refractivity contribution is 7.03. The fourth-order valence-electron chi connectivity index (χ4n) is 1.37. The predicted octanol–water partition coefficient (Wildman–Crippen LogP) is 1.22. The number of methoxy groups -OCH3 is 1. The Labute approximate surface area is 99.4 Å². The van der Waals surface area contributed by atoms with Crippen molar-refractivity contribution in [3.63, 3.8) is 0 Å². The first-order valence-corrected chi connectivity index (χ1v) is 6.04. The van der Waals surface area contributed by atoms with Crippen LogP contribution in [0.5, 0.6) is 0 Å². The second kappa shape index (κ2) is 6.55. The van der Waals surface area contributed by atoms with Gasteiger partial charge in [-0.25, -0.2) is 0 Å². The Bertz CT molecular complexity index is 314. The zero-order valence-corrected chi connectivity index (χ0v) is 10.6. The molecule has 6 heteroatoms. The molecule has 1 N–H and O–H groups in total. The second-order valence-corrected chi connectivity index (χ2v) is 4.59. The van der Waals surface area contributed by atoms with Gasteiger partial charge in [0, 0.05) is 11.9 Å². The van der Waals surface area contributed by atoms with E-state index in [9.17, 15) is 4.79 Å². The molecule has 0 radical (unpaired) electrons. The first-order valence-electron chi connectivity index (χ1n) is 5.20. The van der Waals surface area contributed by atoms with Gasteiger partial charge in [-0.3, -0.25) is 10.1 Å². The van der Waals surface area contributed by atoms with Crippen LogP contribution >= 0.6 is 11.5 Å². The van der Waals surface area contributed by atoms with E-state index in [1.807, 2.05) is 5.38 Å². The van der Waals surface area contributed by atoms with Gasteiger partial charge in [0.1, 0.15) is 6.04 Å². The molecule has 1 aromatic heterocycles. The van der Waals surface area contributed by atoms with E-state index < -0.39 is 0 Å². The number of rotatable bonds is 6. The van der Waals surface area contributed by atoms with Crippen LogP contribution in [0.25, 0.3) is 0 Å². The van der Waals surface area contributed by atoms with E-state index in [4.69, 9.17) is 4.74 Å². The van der Waals surface area contributed by atoms with Crippen LogP contribution in [0.15, 0.2) is 5.38 Å². The molecule has 0 aliphatic heterocycles. The summed E-state index contributed by atoms with van der Waals surface area (Å²) in [7, 11) is 1.40. The Kier molecular flexibility index (Phi) is 5.34. The average Bonchev–Trinajstić information content (AvgIpc) is 2.75. The topological polar surface area (TPSA) is 64.1 Å². The largest absolute Gasteiger partial charge is 0.468 e. The van der Waals surface area contributed by atoms with Gasteiger partial charge in [0.05, 0.1) is 12.8 Å². The number of hydrogen-bond donors (Lipinski definition) is 1. The first-order chi connectivity index (χ1) is 7.63. The molecule has 0 aliphatic carbocycles. The van der Waals surface area contributed by atoms with E-state index in [1.165, 1.54) is 18.6 Å². The van der Waals surface area contributed by atoms with E-state index in [2.05, 4.69) is 28.8 Å². The molecule has 0 aromatic carbocycles. The lowest BCUT2D eigenvalue weighted by Crippen LogP contribution is -2.38. The maximum absolute atomic E-state index is 11.5. The third-order valence-corrected chi connectivity index (χ3v) is 2.68. The van der Waals surface area contributed by atoms with Crippen LogP contribution in [-0.4, -0.2) is 28.7 Å². The number of carbonyl (C=O) groups excluding carboxylic acids is 1. The van der Waals surface area contributed by atoms with E-state index in [0.717, 1.165) is 12.1 Å². The van der Waals surface area contributed by atoms with Gasteiger partial charge in [-0.1, -0.05) is 18.3 Å². The molecule has 1 heterocycles. The smallest absolute Gasteiger partial charge is 0.322 e. The van der Waals surface area contributed by atoms with E-state index in [0.29, 0.717) is 12.5 Å². The second-order valence-electron chi connectivity index (χ2n) is 3.98. The summed E-state index contributed by atoms with van der Waals surface area (Å²) in [4.78, 5) is 11.5. The highest BCUT2D eigenvalue weighted by atomic mass is 32.1. The normalized spacial score (nSPS) is 12.8. The van der Waals surface area contributed by atoms with Crippen LogP contribution in [0.2, 0.25) is 0 Å². The number of aromatic nitrogens is 2. The lowest BCUT2D eigenvalue weighted by molar-refractivity contribution is -0.143. The highest BCUT2D eigenvalue weighted by Crippen LogP contribution is 2.07. The number of nitrogens with zero attached hydrogens (tertiary/aromatic N) is 2. The van der Waals surface area contributed by atoms with Crippen molar-refractivity contribution in [2.45, 2.75) is 32.9 Å². The first kappa shape index (κ1) is 13.1. The zero-order valence-electron chi connectivity index (χ0n) is 9.77. The van der Waals surface area contributed by atoms with Crippen molar-refractivity contribution < 1.29 is 9.53 Å². The minimum atomic E-state index is -0.272. The van der Waals surface area contributed by atoms with Crippen LogP contribution in [0.1, 0.15) is 26.0 Å². The van der Waals surface area contributed by atoms with Crippen molar-refractivity contribution in [1.29, 1.82) is 0 Å². The molecule has 90 valence electrons. The standard InChI is InChI=1S/C10H17N3O2S/c1-7(2)4-9(10(14)15-3)11-5-8-6-16-13-12-8/h6-7,9,11H,4-5H2,1-3H3. The van der Waals surface area contributed by atoms with Gasteiger partial charge in [0.15, 0.2) is 0 Å². The molecule has 1 aromatic rings. The zero-order chi connectivity index (χ0) is 12.0. The summed E-state index contributed by atoms with van der Waals surface area (Å²) in [5, 5.41) is 8.90. The molecule has 1 atom stereocenters. The van der Waals surface area contributed by atoms with E-state index >= 15 is 0 Å². The maximum atomic E-state index is 11.5. The summed E-state index contributed by atoms with van der Waals surface area (Å²) < 4.78 is 8.51. The predicted molar refractivity (Wildman–Crippen MR) is 62.0 cm³/mol. The average molecular weight is 243 g/mol. The quantitative estimate of drug-likeness (QED) is 0.761. The van der Waals surface area contributed by atoms with Crippen molar-refractivity contribution in [1.82, 2.24) is 14.9 Å². The summed E-state index contributed by atoms with van der Waals surface area (Å²) in [5.41, 5.74) is 0.850. The van der Waals surface area contributed by atoms with Crippen molar-refractivity contribution in [3.8, 4) is 0 Å². The van der Waals surface area contributed by atoms with Crippen molar-refractivity contribution in [3.05, 3.63) is 11.1 Å². The summed E-state index contributed by atoms with van der Waals surface area (Å²) >= 11 is 1.30. The molecule has 1 rings (SSSR count). The molecule has 0 bridgehead atoms. The monoisotopic (exact) mass is 243 g/mol. The molecule has 16 heavy (non-hydrogen) atoms. The molecule has 5 nitrogen and oxygen atoms in total. The van der Waals surface area contributed by atoms with Gasteiger partial charge in [-0.15, -0.1) is 5.10 Å². The van der Waals surface area contributed by atoms with Crippen LogP contribution in [0.3, 0.4) is 0 Å². The Morgan fingerprint density at radius 3 is 2.88 bits per heavy atom. The van der Waals surface area contributed by atoms with Crippen molar-refractivity contribution in [2.24, 2.45) is 5.92 Å². The minimum absolute atomic E-state index is 0.225. The Balaban J connectivity index is 2.46. The number of carbonyl (C=O) groups is 1. The third kappa shape index (κ3) is 4.24. The Hall–Kier alpha value is -1.01. The van der Waals surface area contributed by atoms with Crippen LogP contribution in [0.4, 0.5) is 0 Å². The van der Waals surface area contributed by atoms with Crippen molar-refractivity contribution in [2.75, 3.05) is 7.11 Å². The lowest BCUT2D eigenvalue weighted by Gasteiger charge is -2.17. The van der Waals surface area contributed by atoms with Crippen molar-refractivity contribution >= 4 is 17.5 Å². The summed E-state index contributed by atoms with van der Waals surface area (Å²) in [6.07, 6.45) is 0.754. The highest BCUT2D eigenvalue weighted by Gasteiger charge is 2.19. The van der Waals surface area contributed by atoms with Gasteiger partial charge in [0.25, 0.3) is 0 Å². The molecule has 0 amide bonds. The van der Waals surface area contributed by atoms with Gasteiger partial charge in [-0.2, -0.15) is 0 Å². The molecular weight excluding hydrogens is 226 g/mol. The van der Waals surface area contributed by atoms with Gasteiger partial charge >= 0.3 is 5.97 Å². The summed E-state index contributed by atoms with van der Waals surface area (Å²) in [6, 6.07) is -0.272. The lowest BCUT2D eigenvalue weighted by atomic mass is 10.0. The number of esters is 1. The molecule has 0 spiro atoms. The SMILES string of the molecule is COC(=O)C(CC(C)C)NCc1csnn1. The molecule has 0 saturated carbocycles. The van der Waals surface area contributed by atoms with Crippen LogP contribution < -0.4 is 5.32 Å². The Morgan fingerprint density at radius 1 is 1.62 bits per heavy atom. The maximum Gasteiger partial charge on any atom is 0.322 e. The van der Waals surface area contributed by atoms with Crippen LogP contribution in [0, 0.1) is 5.92 Å². The molecule has 0 saturated heterocycles. The molecule has 0 aliphatic rings. The Morgan fingerprint density at radius 2 is 2.38 bits per heavy atom. The summed E-state index contributed by atoms with van der Waals surface area (Å²) in [5.74, 6) is 0.210. The fraction of sp³-hybridized carbons (Fsp3) is 0.700. The number of hydrogen-bond acceptors (Lipinski definition) is 6. The number of ether oxygens (including phenoxy) is 1. The van der Waals surface area contributed by atoms with Gasteiger partial charge < -0.3 is 4.74 Å². The van der Waals surface area contributed by atoms with Gasteiger partial charge in [-0.05, 0) is 23.9 Å². The van der Waals surface area contributed by atoms with E-state index in [-0.39, 0.29) is 12.0 Å². The number of nitrogens with one attached hydrogen (secondary N) is 1. The molecule has 1 unspecified atom stereocenters. The summed E-state index contributed by atoms with van der Waals surface area (Å²) in [6.45, 7) is 4.69. The van der Waals surface area contributed by atoms with Crippen LogP contribution in [-0.2, 0) is 16.1 Å². The third-order valence-electron chi connectivity index (χ3n) is 2.13. The fourth-order valence-corrected chi connectivity index (χ4v) is 1.82. The van der Waals surface area contributed by atoms with Gasteiger partial charge in [0.2, 0.25) is 0 Å². The van der Waals surface area contributed by atoms with E-state index in [1.54, 1.807) is 0 Å². The molecular formula is C10H17N3O2S. The minimum Gasteiger partial charge on any atom is -0.468 e. The molecule has 0 fully saturated rings.